The van der Waals surface area contributed by atoms with Gasteiger partial charge in [0.25, 0.3) is 0 Å². The monoisotopic (exact) mass is 507 g/mol. The molecule has 0 N–H and O–H groups in total. The highest BCUT2D eigenvalue weighted by molar-refractivity contribution is 7.99. The maximum atomic E-state index is 13.0. The van der Waals surface area contributed by atoms with E-state index in [-0.39, 0.29) is 11.3 Å². The van der Waals surface area contributed by atoms with Crippen molar-refractivity contribution in [3.05, 3.63) is 48.0 Å². The van der Waals surface area contributed by atoms with E-state index < -0.39 is 11.7 Å². The van der Waals surface area contributed by atoms with Crippen molar-refractivity contribution in [3.63, 3.8) is 0 Å². The predicted molar refractivity (Wildman–Crippen MR) is 131 cm³/mol. The average molecular weight is 508 g/mol. The number of hydrogen-bond donors (Lipinski definition) is 0. The summed E-state index contributed by atoms with van der Waals surface area (Å²) in [6.45, 7) is 10.4. The zero-order valence-electron chi connectivity index (χ0n) is 20.4. The molecule has 0 aromatic carbocycles. The van der Waals surface area contributed by atoms with Gasteiger partial charge in [0.2, 0.25) is 5.82 Å². The van der Waals surface area contributed by atoms with Crippen LogP contribution in [-0.2, 0) is 7.05 Å². The second-order valence-electron chi connectivity index (χ2n) is 9.48. The van der Waals surface area contributed by atoms with Crippen LogP contribution in [0.5, 0.6) is 0 Å². The molecule has 6 nitrogen and oxygen atoms in total. The number of aromatic nitrogens is 4. The van der Waals surface area contributed by atoms with Crippen LogP contribution in [0.2, 0.25) is 0 Å². The Hall–Kier alpha value is -2.33. The van der Waals surface area contributed by atoms with Gasteiger partial charge in [-0.3, -0.25) is 0 Å². The third-order valence-corrected chi connectivity index (χ3v) is 8.18. The van der Waals surface area contributed by atoms with Crippen molar-refractivity contribution in [1.82, 2.24) is 24.6 Å². The summed E-state index contributed by atoms with van der Waals surface area (Å²) in [6.07, 6.45) is 5.18. The second-order valence-corrected chi connectivity index (χ2v) is 10.5. The fraction of sp³-hybridized carbons (Fsp3) is 0.560. The predicted octanol–water partition coefficient (Wildman–Crippen LogP) is 5.98. The van der Waals surface area contributed by atoms with Crippen molar-refractivity contribution in [2.45, 2.75) is 50.9 Å². The van der Waals surface area contributed by atoms with Gasteiger partial charge in [-0.25, -0.2) is 4.98 Å². The molecule has 2 fully saturated rings. The Morgan fingerprint density at radius 2 is 2.14 bits per heavy atom. The van der Waals surface area contributed by atoms with Crippen LogP contribution in [0.4, 0.5) is 13.2 Å². The first kappa shape index (κ1) is 25.8. The highest BCUT2D eigenvalue weighted by Crippen LogP contribution is 2.61. The Labute approximate surface area is 208 Å². The van der Waals surface area contributed by atoms with E-state index in [1.807, 2.05) is 18.5 Å². The quantitative estimate of drug-likeness (QED) is 0.236. The van der Waals surface area contributed by atoms with Crippen molar-refractivity contribution < 1.29 is 17.6 Å². The highest BCUT2D eigenvalue weighted by Gasteiger charge is 2.55. The molecule has 1 spiro atoms. The minimum Gasteiger partial charge on any atom is -0.440 e. The lowest BCUT2D eigenvalue weighted by Crippen LogP contribution is -2.38. The van der Waals surface area contributed by atoms with Crippen molar-refractivity contribution in [3.8, 4) is 11.6 Å². The Balaban J connectivity index is 1.24. The number of rotatable bonds is 9. The molecule has 1 saturated carbocycles. The fourth-order valence-corrected chi connectivity index (χ4v) is 5.88. The summed E-state index contributed by atoms with van der Waals surface area (Å²) in [6, 6.07) is 0. The van der Waals surface area contributed by atoms with E-state index in [1.165, 1.54) is 13.3 Å². The SMILES string of the molecule is C=C(/C=C\C(=C/C)C(F)(F)F)[C@H]1C[C@@]12CCCN(CCCSc1nnc(-c3ocnc3C)n1C)C2. The highest BCUT2D eigenvalue weighted by atomic mass is 32.2. The van der Waals surface area contributed by atoms with Gasteiger partial charge in [-0.15, -0.1) is 10.2 Å². The number of oxazole rings is 1. The number of nitrogens with zero attached hydrogens (tertiary/aromatic N) is 5. The summed E-state index contributed by atoms with van der Waals surface area (Å²) < 4.78 is 46.3. The van der Waals surface area contributed by atoms with Crippen LogP contribution in [0.15, 0.2) is 51.9 Å². The molecule has 2 aromatic rings. The number of likely N-dealkylation sites (tertiary alicyclic amines) is 1. The number of allylic oxidation sites excluding steroid dienone is 5. The summed E-state index contributed by atoms with van der Waals surface area (Å²) in [5, 5.41) is 9.39. The van der Waals surface area contributed by atoms with Gasteiger partial charge < -0.3 is 13.9 Å². The Bertz CT molecular complexity index is 1120. The molecule has 3 heterocycles. The molecule has 0 amide bonds. The van der Waals surface area contributed by atoms with Gasteiger partial charge in [0.1, 0.15) is 0 Å². The van der Waals surface area contributed by atoms with E-state index >= 15 is 0 Å². The standard InChI is InChI=1S/C25H32F3N5OS/c1-5-19(25(26,27)28)9-8-17(2)20-14-24(20)10-6-11-33(15-24)12-7-13-35-23-31-30-22(32(23)4)21-18(3)29-16-34-21/h5,8-9,16,20H,2,6-7,10-15H2,1,3-4H3/b9-8-,19-5+/t20-,24-/m1/s1. The molecular weight excluding hydrogens is 475 g/mol. The molecule has 1 aliphatic carbocycles. The topological polar surface area (TPSA) is 60.0 Å². The number of alkyl halides is 3. The zero-order valence-corrected chi connectivity index (χ0v) is 21.3. The van der Waals surface area contributed by atoms with Crippen LogP contribution in [0.3, 0.4) is 0 Å². The molecule has 0 unspecified atom stereocenters. The van der Waals surface area contributed by atoms with Crippen LogP contribution < -0.4 is 0 Å². The van der Waals surface area contributed by atoms with Gasteiger partial charge in [-0.05, 0) is 64.0 Å². The van der Waals surface area contributed by atoms with Gasteiger partial charge in [0, 0.05) is 19.3 Å². The molecular formula is C25H32F3N5OS. The summed E-state index contributed by atoms with van der Waals surface area (Å²) >= 11 is 1.67. The Morgan fingerprint density at radius 3 is 2.83 bits per heavy atom. The number of thioether (sulfide) groups is 1. The number of hydrogen-bond acceptors (Lipinski definition) is 6. The molecule has 1 saturated heterocycles. The molecule has 2 atom stereocenters. The van der Waals surface area contributed by atoms with Gasteiger partial charge in [-0.2, -0.15) is 13.2 Å². The van der Waals surface area contributed by atoms with E-state index in [0.29, 0.717) is 11.6 Å². The van der Waals surface area contributed by atoms with E-state index in [9.17, 15) is 13.2 Å². The third kappa shape index (κ3) is 5.74. The van der Waals surface area contributed by atoms with Crippen molar-refractivity contribution in [2.75, 3.05) is 25.4 Å². The minimum atomic E-state index is -4.33. The zero-order chi connectivity index (χ0) is 25.2. The van der Waals surface area contributed by atoms with E-state index in [4.69, 9.17) is 4.42 Å². The molecule has 4 rings (SSSR count). The molecule has 0 bridgehead atoms. The third-order valence-electron chi connectivity index (χ3n) is 7.07. The summed E-state index contributed by atoms with van der Waals surface area (Å²) in [5.41, 5.74) is 1.15. The number of piperidine rings is 1. The normalized spacial score (nSPS) is 23.5. The molecule has 190 valence electrons. The van der Waals surface area contributed by atoms with Gasteiger partial charge in [0.15, 0.2) is 17.3 Å². The van der Waals surface area contributed by atoms with Crippen LogP contribution in [0.25, 0.3) is 11.6 Å². The molecule has 2 aliphatic rings. The van der Waals surface area contributed by atoms with Crippen LogP contribution >= 0.6 is 11.8 Å². The molecule has 2 aromatic heterocycles. The second kappa shape index (κ2) is 10.3. The number of aryl methyl sites for hydroxylation is 1. The van der Waals surface area contributed by atoms with Gasteiger partial charge >= 0.3 is 6.18 Å². The maximum absolute atomic E-state index is 13.0. The largest absolute Gasteiger partial charge is 0.440 e. The minimum absolute atomic E-state index is 0.175. The first-order valence-electron chi connectivity index (χ1n) is 11.9. The lowest BCUT2D eigenvalue weighted by molar-refractivity contribution is -0.0883. The average Bonchev–Trinajstić information content (AvgIpc) is 3.11. The van der Waals surface area contributed by atoms with Crippen molar-refractivity contribution in [1.29, 1.82) is 0 Å². The van der Waals surface area contributed by atoms with Crippen LogP contribution in [0, 0.1) is 18.3 Å². The summed E-state index contributed by atoms with van der Waals surface area (Å²) in [5.74, 6) is 2.51. The van der Waals surface area contributed by atoms with E-state index in [1.54, 1.807) is 17.8 Å². The smallest absolute Gasteiger partial charge is 0.416 e. The van der Waals surface area contributed by atoms with Crippen molar-refractivity contribution >= 4 is 11.8 Å². The van der Waals surface area contributed by atoms with Gasteiger partial charge in [0.05, 0.1) is 11.3 Å². The first-order valence-corrected chi connectivity index (χ1v) is 12.9. The maximum Gasteiger partial charge on any atom is 0.416 e. The summed E-state index contributed by atoms with van der Waals surface area (Å²) in [7, 11) is 1.93. The first-order chi connectivity index (χ1) is 16.6. The van der Waals surface area contributed by atoms with Crippen LogP contribution in [0.1, 0.15) is 38.3 Å². The summed E-state index contributed by atoms with van der Waals surface area (Å²) in [4.78, 5) is 6.61. The molecule has 0 radical (unpaired) electrons. The lowest BCUT2D eigenvalue weighted by Gasteiger charge is -2.34. The van der Waals surface area contributed by atoms with Gasteiger partial charge in [-0.1, -0.05) is 42.1 Å². The van der Waals surface area contributed by atoms with Crippen LogP contribution in [-0.4, -0.2) is 56.2 Å². The molecule has 35 heavy (non-hydrogen) atoms. The number of halogens is 3. The van der Waals surface area contributed by atoms with E-state index in [0.717, 1.165) is 79.6 Å². The lowest BCUT2D eigenvalue weighted by atomic mass is 9.90. The van der Waals surface area contributed by atoms with Crippen molar-refractivity contribution in [2.24, 2.45) is 18.4 Å². The molecule has 1 aliphatic heterocycles. The molecule has 10 heteroatoms. The van der Waals surface area contributed by atoms with E-state index in [2.05, 4.69) is 26.7 Å². The fourth-order valence-electron chi connectivity index (χ4n) is 5.05. The Morgan fingerprint density at radius 1 is 1.34 bits per heavy atom. The Kier molecular flexibility index (Phi) is 7.61.